The van der Waals surface area contributed by atoms with Gasteiger partial charge in [0.1, 0.15) is 12.0 Å². The van der Waals surface area contributed by atoms with Gasteiger partial charge >= 0.3 is 5.97 Å². The van der Waals surface area contributed by atoms with Crippen molar-refractivity contribution in [1.29, 1.82) is 0 Å². The fourth-order valence-corrected chi connectivity index (χ4v) is 2.57. The van der Waals surface area contributed by atoms with E-state index in [0.29, 0.717) is 31.9 Å². The number of nitrogens with zero attached hydrogens (tertiary/aromatic N) is 4. The van der Waals surface area contributed by atoms with Gasteiger partial charge in [-0.05, 0) is 36.3 Å². The van der Waals surface area contributed by atoms with Crippen LogP contribution in [0, 0.1) is 12.3 Å². The Labute approximate surface area is 120 Å². The summed E-state index contributed by atoms with van der Waals surface area (Å²) in [5.74, 6) is 0.424. The molecule has 3 rings (SSSR count). The van der Waals surface area contributed by atoms with Gasteiger partial charge in [-0.3, -0.25) is 4.79 Å². The standard InChI is InChI=1S/C13H16N4O4/c1-9-6-10(7-21-9)11-14-15-16-17(11)8-13(12(18)19)2-4-20-5-3-13/h6-7H,2-5,8H2,1H3,(H,18,19). The topological polar surface area (TPSA) is 103 Å². The third kappa shape index (κ3) is 2.54. The van der Waals surface area contributed by atoms with Crippen LogP contribution in [0.25, 0.3) is 11.4 Å². The van der Waals surface area contributed by atoms with Crippen LogP contribution < -0.4 is 0 Å². The van der Waals surface area contributed by atoms with Gasteiger partial charge in [0, 0.05) is 13.2 Å². The van der Waals surface area contributed by atoms with Gasteiger partial charge in [0.2, 0.25) is 0 Å². The lowest BCUT2D eigenvalue weighted by atomic mass is 9.80. The van der Waals surface area contributed by atoms with E-state index in [9.17, 15) is 9.90 Å². The maximum Gasteiger partial charge on any atom is 0.311 e. The molecular weight excluding hydrogens is 276 g/mol. The Balaban J connectivity index is 1.91. The predicted molar refractivity (Wildman–Crippen MR) is 70.4 cm³/mol. The van der Waals surface area contributed by atoms with Crippen LogP contribution in [0.3, 0.4) is 0 Å². The molecule has 0 bridgehead atoms. The van der Waals surface area contributed by atoms with Gasteiger partial charge in [-0.1, -0.05) is 0 Å². The molecule has 1 aliphatic rings. The van der Waals surface area contributed by atoms with Crippen molar-refractivity contribution in [3.05, 3.63) is 18.1 Å². The molecule has 1 saturated heterocycles. The number of hydrogen-bond donors (Lipinski definition) is 1. The van der Waals surface area contributed by atoms with Crippen molar-refractivity contribution in [3.8, 4) is 11.4 Å². The number of rotatable bonds is 4. The summed E-state index contributed by atoms with van der Waals surface area (Å²) in [5.41, 5.74) is -0.147. The molecule has 2 aromatic rings. The Bertz CT molecular complexity index is 642. The normalized spacial score (nSPS) is 17.8. The molecule has 1 N–H and O–H groups in total. The third-order valence-corrected chi connectivity index (χ3v) is 3.88. The molecule has 8 heteroatoms. The maximum atomic E-state index is 11.7. The zero-order valence-corrected chi connectivity index (χ0v) is 11.7. The highest BCUT2D eigenvalue weighted by Gasteiger charge is 2.41. The second-order valence-electron chi connectivity index (χ2n) is 5.30. The van der Waals surface area contributed by atoms with E-state index in [1.165, 1.54) is 4.68 Å². The van der Waals surface area contributed by atoms with E-state index in [-0.39, 0.29) is 6.54 Å². The lowest BCUT2D eigenvalue weighted by Crippen LogP contribution is -2.41. The SMILES string of the molecule is Cc1cc(-c2nnnn2CC2(C(=O)O)CCOCC2)co1. The van der Waals surface area contributed by atoms with Crippen LogP contribution in [0.2, 0.25) is 0 Å². The first kappa shape index (κ1) is 13.7. The molecule has 0 aromatic carbocycles. The molecule has 0 atom stereocenters. The van der Waals surface area contributed by atoms with E-state index in [0.717, 1.165) is 11.3 Å². The largest absolute Gasteiger partial charge is 0.481 e. The number of aromatic nitrogens is 4. The van der Waals surface area contributed by atoms with Crippen molar-refractivity contribution >= 4 is 5.97 Å². The first-order valence-corrected chi connectivity index (χ1v) is 6.74. The summed E-state index contributed by atoms with van der Waals surface area (Å²) < 4.78 is 12.1. The van der Waals surface area contributed by atoms with Crippen LogP contribution >= 0.6 is 0 Å². The number of tetrazole rings is 1. The van der Waals surface area contributed by atoms with Crippen molar-refractivity contribution in [3.63, 3.8) is 0 Å². The second-order valence-corrected chi connectivity index (χ2v) is 5.30. The zero-order chi connectivity index (χ0) is 14.9. The first-order chi connectivity index (χ1) is 10.1. The summed E-state index contributed by atoms with van der Waals surface area (Å²) in [6, 6.07) is 1.82. The van der Waals surface area contributed by atoms with E-state index in [1.807, 2.05) is 13.0 Å². The second kappa shape index (κ2) is 5.28. The Morgan fingerprint density at radius 1 is 1.48 bits per heavy atom. The predicted octanol–water partition coefficient (Wildman–Crippen LogP) is 1.12. The van der Waals surface area contributed by atoms with Crippen molar-refractivity contribution in [2.45, 2.75) is 26.3 Å². The summed E-state index contributed by atoms with van der Waals surface area (Å²) in [4.78, 5) is 11.7. The van der Waals surface area contributed by atoms with Crippen molar-refractivity contribution in [1.82, 2.24) is 20.2 Å². The smallest absolute Gasteiger partial charge is 0.311 e. The minimum atomic E-state index is -0.888. The average molecular weight is 292 g/mol. The van der Waals surface area contributed by atoms with Crippen molar-refractivity contribution in [2.75, 3.05) is 13.2 Å². The number of aryl methyl sites for hydroxylation is 1. The summed E-state index contributed by atoms with van der Waals surface area (Å²) in [6.45, 7) is 2.93. The van der Waals surface area contributed by atoms with E-state index >= 15 is 0 Å². The number of ether oxygens (including phenoxy) is 1. The molecule has 112 valence electrons. The lowest BCUT2D eigenvalue weighted by molar-refractivity contribution is -0.156. The lowest BCUT2D eigenvalue weighted by Gasteiger charge is -2.32. The molecule has 3 heterocycles. The van der Waals surface area contributed by atoms with Crippen molar-refractivity contribution < 1.29 is 19.1 Å². The number of hydrogen-bond acceptors (Lipinski definition) is 6. The summed E-state index contributed by atoms with van der Waals surface area (Å²) in [6.07, 6.45) is 2.47. The Morgan fingerprint density at radius 2 is 2.24 bits per heavy atom. The van der Waals surface area contributed by atoms with Crippen LogP contribution in [-0.2, 0) is 16.1 Å². The van der Waals surface area contributed by atoms with Gasteiger partial charge in [-0.2, -0.15) is 0 Å². The van der Waals surface area contributed by atoms with Crippen LogP contribution in [0.1, 0.15) is 18.6 Å². The van der Waals surface area contributed by atoms with Crippen LogP contribution in [-0.4, -0.2) is 44.5 Å². The van der Waals surface area contributed by atoms with Crippen molar-refractivity contribution in [2.24, 2.45) is 5.41 Å². The van der Waals surface area contributed by atoms with Crippen LogP contribution in [0.5, 0.6) is 0 Å². The average Bonchev–Trinajstić information content (AvgIpc) is 3.08. The minimum Gasteiger partial charge on any atom is -0.481 e. The molecular formula is C13H16N4O4. The quantitative estimate of drug-likeness (QED) is 0.900. The monoisotopic (exact) mass is 292 g/mol. The fourth-order valence-electron chi connectivity index (χ4n) is 2.57. The zero-order valence-electron chi connectivity index (χ0n) is 11.7. The number of carbonyl (C=O) groups is 1. The van der Waals surface area contributed by atoms with Crippen LogP contribution in [0.15, 0.2) is 16.7 Å². The van der Waals surface area contributed by atoms with Gasteiger partial charge in [-0.25, -0.2) is 4.68 Å². The number of carboxylic acids is 1. The molecule has 0 amide bonds. The van der Waals surface area contributed by atoms with E-state index in [4.69, 9.17) is 9.15 Å². The fraction of sp³-hybridized carbons (Fsp3) is 0.538. The molecule has 0 spiro atoms. The highest BCUT2D eigenvalue weighted by molar-refractivity contribution is 5.74. The van der Waals surface area contributed by atoms with Gasteiger partial charge in [-0.15, -0.1) is 5.10 Å². The number of aliphatic carboxylic acids is 1. The first-order valence-electron chi connectivity index (χ1n) is 6.74. The molecule has 1 fully saturated rings. The maximum absolute atomic E-state index is 11.7. The number of furan rings is 1. The Morgan fingerprint density at radius 3 is 2.86 bits per heavy atom. The third-order valence-electron chi connectivity index (χ3n) is 3.88. The summed E-state index contributed by atoms with van der Waals surface area (Å²) >= 11 is 0. The van der Waals surface area contributed by atoms with Gasteiger partial charge in [0.05, 0.1) is 17.5 Å². The molecule has 0 unspecified atom stereocenters. The molecule has 8 nitrogen and oxygen atoms in total. The molecule has 2 aromatic heterocycles. The Hall–Kier alpha value is -2.22. The molecule has 21 heavy (non-hydrogen) atoms. The molecule has 0 saturated carbocycles. The van der Waals surface area contributed by atoms with Gasteiger partial charge in [0.15, 0.2) is 5.82 Å². The van der Waals surface area contributed by atoms with Gasteiger partial charge < -0.3 is 14.3 Å². The van der Waals surface area contributed by atoms with E-state index < -0.39 is 11.4 Å². The molecule has 1 aliphatic heterocycles. The van der Waals surface area contributed by atoms with Crippen LogP contribution in [0.4, 0.5) is 0 Å². The van der Waals surface area contributed by atoms with E-state index in [1.54, 1.807) is 6.26 Å². The van der Waals surface area contributed by atoms with E-state index in [2.05, 4.69) is 15.5 Å². The summed E-state index contributed by atoms with van der Waals surface area (Å²) in [7, 11) is 0. The highest BCUT2D eigenvalue weighted by Crippen LogP contribution is 2.33. The summed E-state index contributed by atoms with van der Waals surface area (Å²) in [5, 5.41) is 21.2. The highest BCUT2D eigenvalue weighted by atomic mass is 16.5. The molecule has 0 aliphatic carbocycles. The Kier molecular flexibility index (Phi) is 3.46. The minimum absolute atomic E-state index is 0.220. The number of carboxylic acid groups (broad SMARTS) is 1. The molecule has 0 radical (unpaired) electrons. The van der Waals surface area contributed by atoms with Gasteiger partial charge in [0.25, 0.3) is 0 Å².